The molecule has 0 spiro atoms. The molecule has 3 N–H and O–H groups in total. The minimum Gasteiger partial charge on any atom is -0.340 e. The van der Waals surface area contributed by atoms with Gasteiger partial charge in [-0.2, -0.15) is 13.5 Å². The van der Waals surface area contributed by atoms with Gasteiger partial charge in [0.25, 0.3) is 0 Å². The van der Waals surface area contributed by atoms with Crippen LogP contribution in [0, 0.1) is 11.6 Å². The van der Waals surface area contributed by atoms with E-state index in [1.54, 1.807) is 36.1 Å². The van der Waals surface area contributed by atoms with E-state index >= 15 is 0 Å². The van der Waals surface area contributed by atoms with Crippen LogP contribution in [-0.2, 0) is 17.9 Å². The van der Waals surface area contributed by atoms with Gasteiger partial charge >= 0.3 is 0 Å². The number of nitrogens with two attached hydrogens (primary N) is 1. The number of hydrogen-bond donors (Lipinski definition) is 2. The third kappa shape index (κ3) is 4.31. The second kappa shape index (κ2) is 8.85. The van der Waals surface area contributed by atoms with Gasteiger partial charge in [0.05, 0.1) is 12.6 Å². The number of hydrogen-bond acceptors (Lipinski definition) is 4. The third-order valence-electron chi connectivity index (χ3n) is 4.90. The summed E-state index contributed by atoms with van der Waals surface area (Å²) in [7, 11) is 0. The first-order chi connectivity index (χ1) is 13.9. The van der Waals surface area contributed by atoms with Crippen molar-refractivity contribution < 1.29 is 13.6 Å². The molecule has 2 heterocycles. The number of anilines is 2. The molecule has 0 radical (unpaired) electrons. The number of imidazole rings is 1. The molecule has 3 aromatic rings. The zero-order valence-electron chi connectivity index (χ0n) is 16.4. The number of carbonyl (C=O) groups is 1. The number of halogens is 2. The molecular weight excluding hydrogens is 408 g/mol. The van der Waals surface area contributed by atoms with Gasteiger partial charge < -0.3 is 20.5 Å². The highest BCUT2D eigenvalue weighted by Crippen LogP contribution is 2.33. The van der Waals surface area contributed by atoms with Gasteiger partial charge in [-0.05, 0) is 55.5 Å². The monoisotopic (exact) mass is 431 g/mol. The van der Waals surface area contributed by atoms with Crippen molar-refractivity contribution in [3.8, 4) is 11.3 Å². The second-order valence-corrected chi connectivity index (χ2v) is 7.06. The molecule has 158 valence electrons. The van der Waals surface area contributed by atoms with E-state index in [2.05, 4.69) is 5.32 Å². The highest BCUT2D eigenvalue weighted by molar-refractivity contribution is 7.59. The van der Waals surface area contributed by atoms with Crippen LogP contribution in [0.1, 0.15) is 12.7 Å². The number of amides is 1. The number of carbonyl (C=O) groups excluding carboxylic acids is 1. The summed E-state index contributed by atoms with van der Waals surface area (Å²) in [4.78, 5) is 18.7. The fourth-order valence-electron chi connectivity index (χ4n) is 3.41. The molecule has 0 fully saturated rings. The molecule has 4 rings (SSSR count). The van der Waals surface area contributed by atoms with E-state index in [0.717, 1.165) is 5.56 Å². The molecule has 1 atom stereocenters. The van der Waals surface area contributed by atoms with E-state index in [0.29, 0.717) is 42.7 Å². The molecule has 0 unspecified atom stereocenters. The first-order valence-electron chi connectivity index (χ1n) is 9.34. The summed E-state index contributed by atoms with van der Waals surface area (Å²) in [6.45, 7) is 3.03. The lowest BCUT2D eigenvalue weighted by molar-refractivity contribution is -0.133. The van der Waals surface area contributed by atoms with Gasteiger partial charge in [0.15, 0.2) is 0 Å². The van der Waals surface area contributed by atoms with Crippen molar-refractivity contribution in [2.45, 2.75) is 26.1 Å². The van der Waals surface area contributed by atoms with Crippen LogP contribution in [0.3, 0.4) is 0 Å². The predicted octanol–water partition coefficient (Wildman–Crippen LogP) is 3.37. The van der Waals surface area contributed by atoms with Crippen LogP contribution in [0.2, 0.25) is 0 Å². The average molecular weight is 432 g/mol. The zero-order chi connectivity index (χ0) is 20.5. The Balaban J connectivity index is 0.00000256. The Labute approximate surface area is 180 Å². The van der Waals surface area contributed by atoms with Gasteiger partial charge in [-0.1, -0.05) is 0 Å². The molecule has 0 aliphatic carbocycles. The van der Waals surface area contributed by atoms with Crippen molar-refractivity contribution in [1.82, 2.24) is 14.5 Å². The summed E-state index contributed by atoms with van der Waals surface area (Å²) < 4.78 is 28.7. The number of aromatic nitrogens is 2. The van der Waals surface area contributed by atoms with E-state index in [4.69, 9.17) is 10.7 Å². The fraction of sp³-hybridized carbons (Fsp3) is 0.238. The number of rotatable bonds is 4. The fourth-order valence-corrected chi connectivity index (χ4v) is 3.41. The van der Waals surface area contributed by atoms with Gasteiger partial charge in [0.1, 0.15) is 29.0 Å². The van der Waals surface area contributed by atoms with Crippen molar-refractivity contribution in [3.05, 3.63) is 66.0 Å². The number of fused-ring (bicyclic) bond motifs is 1. The quantitative estimate of drug-likeness (QED) is 0.664. The minimum atomic E-state index is -0.579. The maximum Gasteiger partial charge on any atom is 0.239 e. The SMILES string of the molecule is C[C@H](N)C(=O)N1CCn2c(nc(-c3ccc(F)cc3)c2Nc2ccc(F)cc2)C1.S. The van der Waals surface area contributed by atoms with E-state index < -0.39 is 6.04 Å². The van der Waals surface area contributed by atoms with Crippen LogP contribution in [0.5, 0.6) is 0 Å². The van der Waals surface area contributed by atoms with Crippen LogP contribution in [-0.4, -0.2) is 32.9 Å². The van der Waals surface area contributed by atoms with Gasteiger partial charge in [-0.3, -0.25) is 4.79 Å². The molecule has 0 saturated carbocycles. The maximum atomic E-state index is 13.4. The molecule has 30 heavy (non-hydrogen) atoms. The molecule has 1 aliphatic heterocycles. The molecule has 6 nitrogen and oxygen atoms in total. The smallest absolute Gasteiger partial charge is 0.239 e. The maximum absolute atomic E-state index is 13.4. The Bertz CT molecular complexity index is 1030. The van der Waals surface area contributed by atoms with Crippen LogP contribution in [0.25, 0.3) is 11.3 Å². The highest BCUT2D eigenvalue weighted by atomic mass is 32.1. The Hall–Kier alpha value is -2.91. The largest absolute Gasteiger partial charge is 0.340 e. The van der Waals surface area contributed by atoms with Crippen molar-refractivity contribution in [1.29, 1.82) is 0 Å². The minimum absolute atomic E-state index is 0. The highest BCUT2D eigenvalue weighted by Gasteiger charge is 2.28. The zero-order valence-corrected chi connectivity index (χ0v) is 17.4. The molecule has 1 aliphatic rings. The lowest BCUT2D eigenvalue weighted by atomic mass is 10.1. The third-order valence-corrected chi connectivity index (χ3v) is 4.90. The van der Waals surface area contributed by atoms with Crippen molar-refractivity contribution in [2.24, 2.45) is 5.73 Å². The molecule has 2 aromatic carbocycles. The number of benzene rings is 2. The lowest BCUT2D eigenvalue weighted by Gasteiger charge is -2.29. The normalized spacial score (nSPS) is 13.9. The van der Waals surface area contributed by atoms with Crippen LogP contribution in [0.4, 0.5) is 20.3 Å². The molecular formula is C21H23F2N5OS. The Morgan fingerprint density at radius 3 is 2.27 bits per heavy atom. The van der Waals surface area contributed by atoms with E-state index in [1.807, 2.05) is 4.57 Å². The summed E-state index contributed by atoms with van der Waals surface area (Å²) in [6.07, 6.45) is 0. The number of nitrogens with one attached hydrogen (secondary N) is 1. The lowest BCUT2D eigenvalue weighted by Crippen LogP contribution is -2.45. The predicted molar refractivity (Wildman–Crippen MR) is 117 cm³/mol. The van der Waals surface area contributed by atoms with E-state index in [9.17, 15) is 13.6 Å². The van der Waals surface area contributed by atoms with Gasteiger partial charge in [-0.15, -0.1) is 0 Å². The summed E-state index contributed by atoms with van der Waals surface area (Å²) in [5, 5.41) is 3.30. The van der Waals surface area contributed by atoms with Crippen molar-refractivity contribution in [2.75, 3.05) is 11.9 Å². The summed E-state index contributed by atoms with van der Waals surface area (Å²) in [5.41, 5.74) is 7.82. The van der Waals surface area contributed by atoms with Crippen molar-refractivity contribution in [3.63, 3.8) is 0 Å². The number of nitrogens with zero attached hydrogens (tertiary/aromatic N) is 3. The van der Waals surface area contributed by atoms with E-state index in [-0.39, 0.29) is 31.0 Å². The standard InChI is InChI=1S/C21H21F2N5O.H2S/c1-13(24)21(29)27-10-11-28-18(12-27)26-19(14-2-4-15(22)5-3-14)20(28)25-17-8-6-16(23)7-9-17;/h2-9,13,25H,10-12,24H2,1H3;1H2/t13-;/m0./s1. The Kier molecular flexibility index (Phi) is 6.42. The summed E-state index contributed by atoms with van der Waals surface area (Å²) in [6, 6.07) is 11.5. The van der Waals surface area contributed by atoms with Crippen LogP contribution in [0.15, 0.2) is 48.5 Å². The second-order valence-electron chi connectivity index (χ2n) is 7.06. The topological polar surface area (TPSA) is 76.2 Å². The molecule has 1 amide bonds. The summed E-state index contributed by atoms with van der Waals surface area (Å²) >= 11 is 0. The van der Waals surface area contributed by atoms with E-state index in [1.165, 1.54) is 24.3 Å². The Morgan fingerprint density at radius 1 is 1.07 bits per heavy atom. The van der Waals surface area contributed by atoms with Crippen LogP contribution >= 0.6 is 13.5 Å². The van der Waals surface area contributed by atoms with Crippen LogP contribution < -0.4 is 11.1 Å². The van der Waals surface area contributed by atoms with Crippen molar-refractivity contribution >= 4 is 30.9 Å². The first kappa shape index (κ1) is 21.8. The molecule has 1 aromatic heterocycles. The van der Waals surface area contributed by atoms with Gasteiger partial charge in [0.2, 0.25) is 5.91 Å². The summed E-state index contributed by atoms with van der Waals surface area (Å²) in [5.74, 6) is 0.630. The molecule has 9 heteroatoms. The Morgan fingerprint density at radius 2 is 1.67 bits per heavy atom. The molecule has 0 bridgehead atoms. The molecule has 0 saturated heterocycles. The van der Waals surface area contributed by atoms with Gasteiger partial charge in [-0.25, -0.2) is 13.8 Å². The first-order valence-corrected chi connectivity index (χ1v) is 9.34. The average Bonchev–Trinajstić information content (AvgIpc) is 3.07. The van der Waals surface area contributed by atoms with Gasteiger partial charge in [0, 0.05) is 24.3 Å².